The summed E-state index contributed by atoms with van der Waals surface area (Å²) >= 11 is 1.87. The zero-order chi connectivity index (χ0) is 14.1. The van der Waals surface area contributed by atoms with Gasteiger partial charge in [0.1, 0.15) is 5.75 Å². The van der Waals surface area contributed by atoms with Crippen molar-refractivity contribution in [2.24, 2.45) is 0 Å². The number of ether oxygens (including phenoxy) is 2. The summed E-state index contributed by atoms with van der Waals surface area (Å²) in [5.41, 5.74) is 1.26. The molecule has 0 heterocycles. The molecule has 1 aromatic carbocycles. The van der Waals surface area contributed by atoms with Crippen molar-refractivity contribution in [1.82, 2.24) is 5.32 Å². The highest BCUT2D eigenvalue weighted by Crippen LogP contribution is 2.35. The molecule has 108 valence electrons. The van der Waals surface area contributed by atoms with Crippen molar-refractivity contribution in [1.29, 1.82) is 0 Å². The summed E-state index contributed by atoms with van der Waals surface area (Å²) in [5, 5.41) is 3.46. The van der Waals surface area contributed by atoms with Gasteiger partial charge in [0, 0.05) is 36.0 Å². The lowest BCUT2D eigenvalue weighted by molar-refractivity contribution is 0.200. The van der Waals surface area contributed by atoms with Crippen LogP contribution in [0, 0.1) is 0 Å². The minimum absolute atomic E-state index is 0.297. The van der Waals surface area contributed by atoms with Crippen molar-refractivity contribution in [3.05, 3.63) is 23.8 Å². The predicted molar refractivity (Wildman–Crippen MR) is 82.3 cm³/mol. The maximum absolute atomic E-state index is 5.50. The van der Waals surface area contributed by atoms with E-state index in [1.165, 1.54) is 10.5 Å². The smallest absolute Gasteiger partial charge is 0.124 e. The highest BCUT2D eigenvalue weighted by atomic mass is 32.2. The molecule has 0 saturated heterocycles. The van der Waals surface area contributed by atoms with Gasteiger partial charge in [0.15, 0.2) is 0 Å². The zero-order valence-electron chi connectivity index (χ0n) is 12.4. The fourth-order valence-corrected chi connectivity index (χ4v) is 3.14. The Balaban J connectivity index is 2.82. The van der Waals surface area contributed by atoms with E-state index in [1.54, 1.807) is 14.2 Å². The van der Waals surface area contributed by atoms with Gasteiger partial charge in [-0.2, -0.15) is 0 Å². The molecule has 0 radical (unpaired) electrons. The van der Waals surface area contributed by atoms with Crippen molar-refractivity contribution >= 4 is 11.8 Å². The van der Waals surface area contributed by atoms with E-state index in [4.69, 9.17) is 9.47 Å². The van der Waals surface area contributed by atoms with Crippen LogP contribution < -0.4 is 10.1 Å². The third-order valence-electron chi connectivity index (χ3n) is 2.94. The monoisotopic (exact) mass is 283 g/mol. The van der Waals surface area contributed by atoms with Crippen LogP contribution >= 0.6 is 11.8 Å². The van der Waals surface area contributed by atoms with E-state index in [1.807, 2.05) is 17.8 Å². The normalized spacial score (nSPS) is 12.4. The first-order valence-electron chi connectivity index (χ1n) is 6.76. The largest absolute Gasteiger partial charge is 0.496 e. The number of benzene rings is 1. The van der Waals surface area contributed by atoms with Gasteiger partial charge in [-0.05, 0) is 32.0 Å². The fourth-order valence-electron chi connectivity index (χ4n) is 2.05. The highest BCUT2D eigenvalue weighted by Gasteiger charge is 2.15. The molecule has 3 nitrogen and oxygen atoms in total. The Morgan fingerprint density at radius 1 is 1.32 bits per heavy atom. The molecular weight excluding hydrogens is 258 g/mol. The molecule has 0 amide bonds. The Morgan fingerprint density at radius 3 is 2.74 bits per heavy atom. The van der Waals surface area contributed by atoms with E-state index in [0.717, 1.165) is 31.1 Å². The number of methoxy groups -OCH3 is 2. The molecule has 19 heavy (non-hydrogen) atoms. The summed E-state index contributed by atoms with van der Waals surface area (Å²) < 4.78 is 10.6. The average molecular weight is 283 g/mol. The van der Waals surface area contributed by atoms with Crippen molar-refractivity contribution in [3.63, 3.8) is 0 Å². The quantitative estimate of drug-likeness (QED) is 0.555. The van der Waals surface area contributed by atoms with E-state index in [0.29, 0.717) is 6.04 Å². The molecule has 1 N–H and O–H groups in total. The maximum Gasteiger partial charge on any atom is 0.124 e. The summed E-state index contributed by atoms with van der Waals surface area (Å²) in [6, 6.07) is 6.55. The summed E-state index contributed by atoms with van der Waals surface area (Å²) in [6.45, 7) is 6.07. The van der Waals surface area contributed by atoms with Crippen LogP contribution in [-0.2, 0) is 4.74 Å². The zero-order valence-corrected chi connectivity index (χ0v) is 13.2. The van der Waals surface area contributed by atoms with Crippen molar-refractivity contribution < 1.29 is 9.47 Å². The van der Waals surface area contributed by atoms with Crippen LogP contribution in [0.2, 0.25) is 0 Å². The molecule has 0 aliphatic heterocycles. The van der Waals surface area contributed by atoms with Crippen LogP contribution in [0.5, 0.6) is 5.75 Å². The summed E-state index contributed by atoms with van der Waals surface area (Å²) in [6.07, 6.45) is 1.06. The van der Waals surface area contributed by atoms with Crippen LogP contribution in [-0.4, -0.2) is 33.1 Å². The Hall–Kier alpha value is -0.710. The second-order valence-electron chi connectivity index (χ2n) is 4.35. The molecule has 1 atom stereocenters. The average Bonchev–Trinajstić information content (AvgIpc) is 2.43. The molecular formula is C15H25NO2S. The molecule has 4 heteroatoms. The molecule has 0 aromatic heterocycles. The minimum Gasteiger partial charge on any atom is -0.496 e. The van der Waals surface area contributed by atoms with Gasteiger partial charge in [0.2, 0.25) is 0 Å². The van der Waals surface area contributed by atoms with Crippen LogP contribution in [0.4, 0.5) is 0 Å². The van der Waals surface area contributed by atoms with E-state index >= 15 is 0 Å². The summed E-state index contributed by atoms with van der Waals surface area (Å²) in [4.78, 5) is 1.30. The molecule has 0 aliphatic rings. The van der Waals surface area contributed by atoms with Crippen LogP contribution in [0.15, 0.2) is 23.1 Å². The van der Waals surface area contributed by atoms with Crippen molar-refractivity contribution in [2.45, 2.75) is 31.2 Å². The topological polar surface area (TPSA) is 30.5 Å². The van der Waals surface area contributed by atoms with Gasteiger partial charge in [0.05, 0.1) is 7.11 Å². The van der Waals surface area contributed by atoms with E-state index in [2.05, 4.69) is 31.3 Å². The van der Waals surface area contributed by atoms with Gasteiger partial charge in [-0.15, -0.1) is 11.8 Å². The van der Waals surface area contributed by atoms with Gasteiger partial charge in [0.25, 0.3) is 0 Å². The van der Waals surface area contributed by atoms with Crippen LogP contribution in [0.25, 0.3) is 0 Å². The van der Waals surface area contributed by atoms with E-state index < -0.39 is 0 Å². The van der Waals surface area contributed by atoms with Gasteiger partial charge in [-0.3, -0.25) is 0 Å². The second kappa shape index (κ2) is 9.23. The fraction of sp³-hybridized carbons (Fsp3) is 0.600. The third kappa shape index (κ3) is 5.05. The van der Waals surface area contributed by atoms with E-state index in [9.17, 15) is 0 Å². The first kappa shape index (κ1) is 16.3. The number of nitrogens with one attached hydrogen (secondary N) is 1. The maximum atomic E-state index is 5.50. The second-order valence-corrected chi connectivity index (χ2v) is 5.48. The lowest BCUT2D eigenvalue weighted by Crippen LogP contribution is -2.19. The molecule has 0 bridgehead atoms. The lowest BCUT2D eigenvalue weighted by atomic mass is 10.1. The van der Waals surface area contributed by atoms with Gasteiger partial charge >= 0.3 is 0 Å². The lowest BCUT2D eigenvalue weighted by Gasteiger charge is -2.20. The Kier molecular flexibility index (Phi) is 7.94. The molecule has 0 fully saturated rings. The van der Waals surface area contributed by atoms with Crippen molar-refractivity contribution in [2.75, 3.05) is 33.1 Å². The van der Waals surface area contributed by atoms with Crippen molar-refractivity contribution in [3.8, 4) is 5.75 Å². The predicted octanol–water partition coefficient (Wildman–Crippen LogP) is 3.49. The van der Waals surface area contributed by atoms with Crippen LogP contribution in [0.3, 0.4) is 0 Å². The Bertz CT molecular complexity index is 371. The third-order valence-corrected chi connectivity index (χ3v) is 4.10. The van der Waals surface area contributed by atoms with E-state index in [-0.39, 0.29) is 0 Å². The molecule has 1 unspecified atom stereocenters. The summed E-state index contributed by atoms with van der Waals surface area (Å²) in [5.74, 6) is 2.03. The molecule has 1 aromatic rings. The molecule has 0 aliphatic carbocycles. The number of hydrogen-bond donors (Lipinski definition) is 1. The molecule has 0 saturated carbocycles. The first-order valence-corrected chi connectivity index (χ1v) is 7.75. The Labute approximate surface area is 121 Å². The highest BCUT2D eigenvalue weighted by molar-refractivity contribution is 7.99. The van der Waals surface area contributed by atoms with Gasteiger partial charge in [-0.25, -0.2) is 0 Å². The van der Waals surface area contributed by atoms with Gasteiger partial charge in [-0.1, -0.05) is 13.0 Å². The number of rotatable bonds is 9. The van der Waals surface area contributed by atoms with Crippen LogP contribution in [0.1, 0.15) is 31.9 Å². The molecule has 0 spiro atoms. The number of thioether (sulfide) groups is 1. The van der Waals surface area contributed by atoms with Gasteiger partial charge < -0.3 is 14.8 Å². The first-order chi connectivity index (χ1) is 9.24. The number of hydrogen-bond acceptors (Lipinski definition) is 4. The SMILES string of the molecule is CCNC(C)c1c(OC)cccc1SCCCOC. The minimum atomic E-state index is 0.297. The molecule has 1 rings (SSSR count). The Morgan fingerprint density at radius 2 is 2.11 bits per heavy atom. The summed E-state index contributed by atoms with van der Waals surface area (Å²) in [7, 11) is 3.48. The standard InChI is InChI=1S/C15H25NO2S/c1-5-16-12(2)15-13(18-4)8-6-9-14(15)19-11-7-10-17-3/h6,8-9,12,16H,5,7,10-11H2,1-4H3.